The summed E-state index contributed by atoms with van der Waals surface area (Å²) in [6, 6.07) is 20.4. The van der Waals surface area contributed by atoms with Crippen LogP contribution in [-0.4, -0.2) is 15.1 Å². The van der Waals surface area contributed by atoms with Gasteiger partial charge in [-0.3, -0.25) is 9.00 Å². The van der Waals surface area contributed by atoms with Crippen molar-refractivity contribution >= 4 is 22.4 Å². The Labute approximate surface area is 170 Å². The molecule has 7 heteroatoms. The molecule has 2 aromatic heterocycles. The van der Waals surface area contributed by atoms with Crippen LogP contribution in [0, 0.1) is 0 Å². The first-order chi connectivity index (χ1) is 14.2. The van der Waals surface area contributed by atoms with Gasteiger partial charge in [0, 0.05) is 28.0 Å². The van der Waals surface area contributed by atoms with E-state index in [9.17, 15) is 9.00 Å². The van der Waals surface area contributed by atoms with Gasteiger partial charge < -0.3 is 14.2 Å². The van der Waals surface area contributed by atoms with Gasteiger partial charge in [-0.15, -0.1) is 0 Å². The van der Waals surface area contributed by atoms with Crippen LogP contribution < -0.4 is 5.32 Å². The third kappa shape index (κ3) is 4.70. The zero-order valence-electron chi connectivity index (χ0n) is 15.4. The number of nitrogens with zero attached hydrogens (tertiary/aromatic N) is 1. The summed E-state index contributed by atoms with van der Waals surface area (Å²) in [5.41, 5.74) is 2.64. The Bertz CT molecular complexity index is 1120. The molecule has 0 bridgehead atoms. The lowest BCUT2D eigenvalue weighted by molar-refractivity contribution is 0.102. The summed E-state index contributed by atoms with van der Waals surface area (Å²) in [5.74, 6) is 1.18. The summed E-state index contributed by atoms with van der Waals surface area (Å²) in [5, 5.41) is 2.81. The zero-order valence-corrected chi connectivity index (χ0v) is 16.2. The Balaban J connectivity index is 1.43. The summed E-state index contributed by atoms with van der Waals surface area (Å²) in [4.78, 5) is 16.6. The number of benzene rings is 2. The first-order valence-corrected chi connectivity index (χ1v) is 10.4. The van der Waals surface area contributed by atoms with E-state index >= 15 is 0 Å². The van der Waals surface area contributed by atoms with E-state index < -0.39 is 16.7 Å². The third-order valence-electron chi connectivity index (χ3n) is 4.21. The van der Waals surface area contributed by atoms with Crippen molar-refractivity contribution in [2.75, 3.05) is 5.32 Å². The fourth-order valence-corrected chi connectivity index (χ4v) is 4.13. The molecule has 0 aliphatic heterocycles. The molecular weight excluding hydrogens is 388 g/mol. The summed E-state index contributed by atoms with van der Waals surface area (Å²) >= 11 is 0. The van der Waals surface area contributed by atoms with Gasteiger partial charge in [0.05, 0.1) is 6.26 Å². The minimum atomic E-state index is -1.05. The van der Waals surface area contributed by atoms with Gasteiger partial charge in [-0.1, -0.05) is 42.5 Å². The molecule has 0 fully saturated rings. The first-order valence-electron chi connectivity index (χ1n) is 8.95. The van der Waals surface area contributed by atoms with Gasteiger partial charge in [0.25, 0.3) is 5.91 Å². The van der Waals surface area contributed by atoms with Crippen LogP contribution in [0.5, 0.6) is 0 Å². The number of rotatable bonds is 7. The first kappa shape index (κ1) is 18.9. The van der Waals surface area contributed by atoms with E-state index in [1.54, 1.807) is 18.2 Å². The van der Waals surface area contributed by atoms with E-state index in [1.165, 1.54) is 12.7 Å². The molecule has 1 atom stereocenters. The summed E-state index contributed by atoms with van der Waals surface area (Å²) in [6.45, 7) is 0. The lowest BCUT2D eigenvalue weighted by Gasteiger charge is -2.07. The molecule has 1 amide bonds. The Morgan fingerprint density at radius 2 is 1.72 bits per heavy atom. The Kier molecular flexibility index (Phi) is 5.67. The van der Waals surface area contributed by atoms with Crippen LogP contribution in [0.15, 0.2) is 88.2 Å². The molecule has 29 heavy (non-hydrogen) atoms. The lowest BCUT2D eigenvalue weighted by Crippen LogP contribution is -2.13. The Morgan fingerprint density at radius 1 is 0.931 bits per heavy atom. The fourth-order valence-electron chi connectivity index (χ4n) is 2.92. The maximum Gasteiger partial charge on any atom is 0.278 e. The van der Waals surface area contributed by atoms with Gasteiger partial charge in [0.2, 0.25) is 5.76 Å². The van der Waals surface area contributed by atoms with Crippen LogP contribution in [0.4, 0.5) is 5.69 Å². The van der Waals surface area contributed by atoms with Crippen LogP contribution in [0.1, 0.15) is 21.6 Å². The van der Waals surface area contributed by atoms with Gasteiger partial charge in [-0.05, 0) is 35.4 Å². The van der Waals surface area contributed by atoms with Crippen LogP contribution in [0.25, 0.3) is 11.5 Å². The highest BCUT2D eigenvalue weighted by atomic mass is 32.2. The molecule has 0 aliphatic carbocycles. The average molecular weight is 406 g/mol. The minimum absolute atomic E-state index is 0.137. The smallest absolute Gasteiger partial charge is 0.278 e. The molecule has 0 saturated heterocycles. The highest BCUT2D eigenvalue weighted by Gasteiger charge is 2.20. The van der Waals surface area contributed by atoms with E-state index in [0.717, 1.165) is 11.1 Å². The van der Waals surface area contributed by atoms with E-state index in [-0.39, 0.29) is 11.5 Å². The fraction of sp³-hybridized carbons (Fsp3) is 0.0909. The number of hydrogen-bond donors (Lipinski definition) is 1. The van der Waals surface area contributed by atoms with Crippen molar-refractivity contribution in [3.63, 3.8) is 0 Å². The quantitative estimate of drug-likeness (QED) is 0.483. The van der Waals surface area contributed by atoms with Crippen molar-refractivity contribution in [3.8, 4) is 11.5 Å². The van der Waals surface area contributed by atoms with Gasteiger partial charge in [0.15, 0.2) is 17.8 Å². The number of carbonyl (C=O) groups excluding carboxylic acids is 1. The number of amides is 1. The van der Waals surface area contributed by atoms with Crippen LogP contribution in [0.2, 0.25) is 0 Å². The van der Waals surface area contributed by atoms with Gasteiger partial charge >= 0.3 is 0 Å². The number of furan rings is 1. The second kappa shape index (κ2) is 8.70. The van der Waals surface area contributed by atoms with Crippen LogP contribution >= 0.6 is 0 Å². The van der Waals surface area contributed by atoms with Gasteiger partial charge in [-0.2, -0.15) is 0 Å². The number of aromatic nitrogens is 1. The predicted octanol–water partition coefficient (Wildman–Crippen LogP) is 4.64. The normalized spacial score (nSPS) is 11.9. The third-order valence-corrected chi connectivity index (χ3v) is 5.52. The van der Waals surface area contributed by atoms with Crippen molar-refractivity contribution in [3.05, 3.63) is 96.2 Å². The van der Waals surface area contributed by atoms with Gasteiger partial charge in [0.1, 0.15) is 0 Å². The predicted molar refractivity (Wildman–Crippen MR) is 111 cm³/mol. The monoisotopic (exact) mass is 406 g/mol. The molecule has 4 aromatic rings. The molecule has 2 aromatic carbocycles. The molecule has 0 saturated carbocycles. The second-order valence-corrected chi connectivity index (χ2v) is 7.83. The average Bonchev–Trinajstić information content (AvgIpc) is 3.40. The standard InChI is InChI=1S/C22H18N2O4S/c25-22(20-21(28-15-23-20)19-10-5-11-27-19)24-18-9-4-8-17(12-18)14-29(26)13-16-6-2-1-3-7-16/h1-12,15H,13-14H2,(H,24,25). The van der Waals surface area contributed by atoms with E-state index in [4.69, 9.17) is 8.83 Å². The molecule has 0 spiro atoms. The topological polar surface area (TPSA) is 85.3 Å². The highest BCUT2D eigenvalue weighted by molar-refractivity contribution is 7.83. The molecule has 1 N–H and O–H groups in total. The van der Waals surface area contributed by atoms with Crippen molar-refractivity contribution < 1.29 is 17.8 Å². The zero-order chi connectivity index (χ0) is 20.1. The van der Waals surface area contributed by atoms with Crippen LogP contribution in [0.3, 0.4) is 0 Å². The number of anilines is 1. The summed E-state index contributed by atoms with van der Waals surface area (Å²) in [7, 11) is -1.05. The van der Waals surface area contributed by atoms with E-state index in [0.29, 0.717) is 23.0 Å². The number of hydrogen-bond acceptors (Lipinski definition) is 5. The van der Waals surface area contributed by atoms with Crippen molar-refractivity contribution in [1.82, 2.24) is 4.98 Å². The maximum atomic E-state index is 12.6. The Hall–Kier alpha value is -3.45. The molecule has 4 rings (SSSR count). The lowest BCUT2D eigenvalue weighted by atomic mass is 10.2. The maximum absolute atomic E-state index is 12.6. The minimum Gasteiger partial charge on any atom is -0.461 e. The van der Waals surface area contributed by atoms with E-state index in [1.807, 2.05) is 48.5 Å². The summed E-state index contributed by atoms with van der Waals surface area (Å²) < 4.78 is 23.0. The second-order valence-electron chi connectivity index (χ2n) is 6.38. The van der Waals surface area contributed by atoms with E-state index in [2.05, 4.69) is 10.3 Å². The number of carbonyl (C=O) groups is 1. The molecular formula is C22H18N2O4S. The molecule has 6 nitrogen and oxygen atoms in total. The molecule has 0 radical (unpaired) electrons. The van der Waals surface area contributed by atoms with Crippen molar-refractivity contribution in [2.45, 2.75) is 11.5 Å². The van der Waals surface area contributed by atoms with Gasteiger partial charge in [-0.25, -0.2) is 4.98 Å². The molecule has 0 aliphatic rings. The van der Waals surface area contributed by atoms with Crippen molar-refractivity contribution in [1.29, 1.82) is 0 Å². The largest absolute Gasteiger partial charge is 0.461 e. The highest BCUT2D eigenvalue weighted by Crippen LogP contribution is 2.24. The summed E-state index contributed by atoms with van der Waals surface area (Å²) in [6.07, 6.45) is 2.70. The SMILES string of the molecule is O=C(Nc1cccc(CS(=O)Cc2ccccc2)c1)c1ncoc1-c1ccco1. The molecule has 1 unspecified atom stereocenters. The molecule has 2 heterocycles. The number of oxazole rings is 1. The number of nitrogens with one attached hydrogen (secondary N) is 1. The Morgan fingerprint density at radius 3 is 2.52 bits per heavy atom. The molecule has 146 valence electrons. The van der Waals surface area contributed by atoms with Crippen molar-refractivity contribution in [2.24, 2.45) is 0 Å². The van der Waals surface area contributed by atoms with Crippen LogP contribution in [-0.2, 0) is 22.3 Å².